The summed E-state index contributed by atoms with van der Waals surface area (Å²) in [7, 11) is 0. The third-order valence-electron chi connectivity index (χ3n) is 8.29. The number of carboxylic acid groups (broad SMARTS) is 2. The lowest BCUT2D eigenvalue weighted by atomic mass is 10.1. The average Bonchev–Trinajstić information content (AvgIpc) is 3.79. The SMILES string of the molecule is O=C(O)N1C(=O)CC[C@H]1C(=O)[N+]1(c2nnc([N+]3(C(=O)[C@@H]4CCC(=O)N4C(=O)O)C4=CC=C3C=C4)o2)C2=CC=C1C=C2. The first-order valence-electron chi connectivity index (χ1n) is 12.7. The Morgan fingerprint density at radius 3 is 1.32 bits per heavy atom. The minimum absolute atomic E-state index is 0.0333. The molecule has 1 aromatic heterocycles. The molecule has 6 aliphatic rings. The first-order chi connectivity index (χ1) is 19.6. The third-order valence-corrected chi connectivity index (χ3v) is 8.29. The van der Waals surface area contributed by atoms with E-state index in [2.05, 4.69) is 10.2 Å². The lowest BCUT2D eigenvalue weighted by molar-refractivity contribution is -0.137. The number of imide groups is 2. The Morgan fingerprint density at radius 1 is 0.683 bits per heavy atom. The van der Waals surface area contributed by atoms with Gasteiger partial charge in [-0.2, -0.15) is 0 Å². The highest BCUT2D eigenvalue weighted by molar-refractivity contribution is 6.08. The molecule has 4 bridgehead atoms. The van der Waals surface area contributed by atoms with Crippen LogP contribution in [0.2, 0.25) is 0 Å². The maximum atomic E-state index is 14.2. The molecule has 2 fully saturated rings. The fraction of sp³-hybridized carbons (Fsp3) is 0.231. The number of likely N-dealkylation sites (tertiary alicyclic amines) is 2. The predicted octanol–water partition coefficient (Wildman–Crippen LogP) is 1.78. The zero-order valence-corrected chi connectivity index (χ0v) is 21.0. The van der Waals surface area contributed by atoms with Gasteiger partial charge in [0.05, 0.1) is 0 Å². The van der Waals surface area contributed by atoms with E-state index in [9.17, 15) is 39.0 Å². The largest absolute Gasteiger partial charge is 0.465 e. The molecule has 6 aliphatic heterocycles. The van der Waals surface area contributed by atoms with Crippen molar-refractivity contribution in [2.24, 2.45) is 0 Å². The van der Waals surface area contributed by atoms with Gasteiger partial charge in [0.2, 0.25) is 11.8 Å². The van der Waals surface area contributed by atoms with Crippen molar-refractivity contribution in [1.82, 2.24) is 29.0 Å². The molecular formula is C26H20N6O9+2. The number of fused-ring (bicyclic) bond motifs is 4. The van der Waals surface area contributed by atoms with E-state index in [1.807, 2.05) is 0 Å². The van der Waals surface area contributed by atoms with Crippen LogP contribution >= 0.6 is 0 Å². The number of hydrogen-bond acceptors (Lipinski definition) is 9. The smallest absolute Gasteiger partial charge is 0.447 e. The van der Waals surface area contributed by atoms with Crippen LogP contribution in [0.4, 0.5) is 21.6 Å². The summed E-state index contributed by atoms with van der Waals surface area (Å²) in [5, 5.41) is 27.7. The lowest BCUT2D eigenvalue weighted by Crippen LogP contribution is -2.58. The number of carbonyl (C=O) groups is 6. The average molecular weight is 560 g/mol. The van der Waals surface area contributed by atoms with Gasteiger partial charge >= 0.3 is 36.0 Å². The molecule has 6 amide bonds. The topological polar surface area (TPSA) is 188 Å². The summed E-state index contributed by atoms with van der Waals surface area (Å²) in [4.78, 5) is 77.8. The van der Waals surface area contributed by atoms with Gasteiger partial charge in [-0.3, -0.25) is 9.59 Å². The molecule has 1 aromatic rings. The van der Waals surface area contributed by atoms with Crippen LogP contribution in [-0.2, 0) is 19.2 Å². The molecule has 0 saturated carbocycles. The van der Waals surface area contributed by atoms with Crippen molar-refractivity contribution in [3.63, 3.8) is 0 Å². The number of amides is 6. The molecular weight excluding hydrogens is 540 g/mol. The summed E-state index contributed by atoms with van der Waals surface area (Å²) in [5.74, 6) is -2.81. The second-order valence-corrected chi connectivity index (χ2v) is 10.1. The van der Waals surface area contributed by atoms with Crippen molar-refractivity contribution >= 4 is 47.8 Å². The minimum atomic E-state index is -1.56. The highest BCUT2D eigenvalue weighted by Gasteiger charge is 2.64. The van der Waals surface area contributed by atoms with E-state index in [1.165, 1.54) is 0 Å². The van der Waals surface area contributed by atoms with E-state index in [4.69, 9.17) is 4.42 Å². The van der Waals surface area contributed by atoms with Crippen LogP contribution in [0.5, 0.6) is 0 Å². The van der Waals surface area contributed by atoms with Gasteiger partial charge in [-0.1, -0.05) is 0 Å². The number of aromatic nitrogens is 2. The normalized spacial score (nSPS) is 26.0. The molecule has 7 heterocycles. The Kier molecular flexibility index (Phi) is 4.90. The minimum Gasteiger partial charge on any atom is -0.465 e. The number of hydrogen-bond donors (Lipinski definition) is 2. The van der Waals surface area contributed by atoms with Crippen molar-refractivity contribution in [3.8, 4) is 0 Å². The molecule has 0 spiro atoms. The van der Waals surface area contributed by atoms with Crippen LogP contribution in [0.15, 0.2) is 75.8 Å². The Labute approximate surface area is 229 Å². The lowest BCUT2D eigenvalue weighted by Gasteiger charge is -2.30. The predicted molar refractivity (Wildman–Crippen MR) is 134 cm³/mol. The first-order valence-corrected chi connectivity index (χ1v) is 12.7. The molecule has 0 aromatic carbocycles. The summed E-state index contributed by atoms with van der Waals surface area (Å²) in [5.41, 5.74) is 1.51. The van der Waals surface area contributed by atoms with E-state index in [0.717, 1.165) is 0 Å². The summed E-state index contributed by atoms with van der Waals surface area (Å²) < 4.78 is 4.60. The molecule has 0 radical (unpaired) electrons. The quantitative estimate of drug-likeness (QED) is 0.511. The monoisotopic (exact) mass is 560 g/mol. The van der Waals surface area contributed by atoms with Gasteiger partial charge in [0.15, 0.2) is 34.9 Å². The molecule has 0 aliphatic carbocycles. The van der Waals surface area contributed by atoms with Gasteiger partial charge in [0.1, 0.15) is 0 Å². The van der Waals surface area contributed by atoms with Gasteiger partial charge in [-0.05, 0) is 23.0 Å². The van der Waals surface area contributed by atoms with Crippen molar-refractivity contribution in [2.75, 3.05) is 0 Å². The maximum Gasteiger partial charge on any atom is 0.447 e. The van der Waals surface area contributed by atoms with Crippen LogP contribution in [0.1, 0.15) is 25.7 Å². The summed E-state index contributed by atoms with van der Waals surface area (Å²) in [6.45, 7) is 0. The Hall–Kier alpha value is -5.28. The third kappa shape index (κ3) is 2.87. The fourth-order valence-corrected chi connectivity index (χ4v) is 6.48. The molecule has 7 rings (SSSR count). The second kappa shape index (κ2) is 8.12. The number of quaternary nitrogens is 2. The van der Waals surface area contributed by atoms with Gasteiger partial charge in [-0.15, -0.1) is 8.97 Å². The summed E-state index contributed by atoms with van der Waals surface area (Å²) >= 11 is 0. The van der Waals surface area contributed by atoms with Gasteiger partial charge < -0.3 is 14.6 Å². The van der Waals surface area contributed by atoms with Crippen LogP contribution in [0.3, 0.4) is 0 Å². The number of carbonyl (C=O) groups excluding carboxylic acids is 4. The maximum absolute atomic E-state index is 14.2. The van der Waals surface area contributed by atoms with Crippen LogP contribution in [-0.4, -0.2) is 78.1 Å². The van der Waals surface area contributed by atoms with Crippen molar-refractivity contribution in [2.45, 2.75) is 37.8 Å². The number of nitrogens with zero attached hydrogens (tertiary/aromatic N) is 6. The molecule has 41 heavy (non-hydrogen) atoms. The number of allylic oxidation sites excluding steroid dienone is 8. The summed E-state index contributed by atoms with van der Waals surface area (Å²) in [6, 6.07) is -3.22. The zero-order valence-electron chi connectivity index (χ0n) is 21.0. The first kappa shape index (κ1) is 24.7. The Balaban J connectivity index is 1.34. The molecule has 2 saturated heterocycles. The van der Waals surface area contributed by atoms with Crippen LogP contribution in [0.25, 0.3) is 0 Å². The molecule has 15 nitrogen and oxygen atoms in total. The second-order valence-electron chi connectivity index (χ2n) is 10.1. The highest BCUT2D eigenvalue weighted by atomic mass is 16.4. The molecule has 2 N–H and O–H groups in total. The van der Waals surface area contributed by atoms with Crippen LogP contribution in [0, 0.1) is 0 Å². The molecule has 206 valence electrons. The standard InChI is InChI=1S/C26H18N6O9/c33-19-11-9-17(29(19)25(37)38)21(35)31(13-1-2-14(31)4-3-13)23-27-28-24(41-23)32(15-5-6-16(32)8-7-15)22(36)18-10-12-20(34)30(18)26(39)40/h1-8,17-18H,9-12H2/p+2/t17-,18-/m0/s1. The van der Waals surface area contributed by atoms with E-state index in [0.29, 0.717) is 32.6 Å². The molecule has 0 unspecified atom stereocenters. The van der Waals surface area contributed by atoms with E-state index in [1.54, 1.807) is 48.6 Å². The zero-order chi connectivity index (χ0) is 28.8. The van der Waals surface area contributed by atoms with E-state index in [-0.39, 0.29) is 37.7 Å². The fourth-order valence-electron chi connectivity index (χ4n) is 6.48. The molecule has 2 atom stereocenters. The highest BCUT2D eigenvalue weighted by Crippen LogP contribution is 2.50. The van der Waals surface area contributed by atoms with Gasteiger partial charge in [0, 0.05) is 61.4 Å². The van der Waals surface area contributed by atoms with E-state index < -0.39 is 56.9 Å². The van der Waals surface area contributed by atoms with Crippen molar-refractivity contribution in [1.29, 1.82) is 0 Å². The van der Waals surface area contributed by atoms with Crippen molar-refractivity contribution in [3.05, 3.63) is 71.4 Å². The van der Waals surface area contributed by atoms with Gasteiger partial charge in [-0.25, -0.2) is 29.0 Å². The molecule has 15 heteroatoms. The van der Waals surface area contributed by atoms with Crippen LogP contribution < -0.4 is 8.97 Å². The Morgan fingerprint density at radius 2 is 1.02 bits per heavy atom. The van der Waals surface area contributed by atoms with Crippen molar-refractivity contribution < 1.29 is 43.4 Å². The Bertz CT molecular complexity index is 1560. The van der Waals surface area contributed by atoms with Gasteiger partial charge in [0.25, 0.3) is 0 Å². The number of rotatable bonds is 4. The van der Waals surface area contributed by atoms with E-state index >= 15 is 0 Å². The summed E-state index contributed by atoms with van der Waals surface area (Å²) in [6.07, 6.45) is 9.63.